The first-order valence-electron chi connectivity index (χ1n) is 11.9. The number of benzene rings is 2. The molecule has 1 amide bonds. The predicted octanol–water partition coefficient (Wildman–Crippen LogP) is 5.07. The van der Waals surface area contributed by atoms with Crippen LogP contribution < -0.4 is 9.64 Å². The molecule has 3 aliphatic rings. The van der Waals surface area contributed by atoms with Gasteiger partial charge < -0.3 is 9.64 Å². The Balaban J connectivity index is 1.36. The van der Waals surface area contributed by atoms with Gasteiger partial charge in [0.05, 0.1) is 7.11 Å². The summed E-state index contributed by atoms with van der Waals surface area (Å²) in [6.45, 7) is 6.11. The number of hydrogen-bond acceptors (Lipinski definition) is 3. The van der Waals surface area contributed by atoms with Crippen LogP contribution in [0.25, 0.3) is 0 Å². The molecular formula is C27H34N2O2. The van der Waals surface area contributed by atoms with Gasteiger partial charge in [-0.2, -0.15) is 0 Å². The normalized spacial score (nSPS) is 20.9. The molecule has 2 aromatic rings. The molecule has 2 fully saturated rings. The van der Waals surface area contributed by atoms with Crippen LogP contribution in [0, 0.1) is 12.8 Å². The summed E-state index contributed by atoms with van der Waals surface area (Å²) in [5.74, 6) is 1.46. The fourth-order valence-electron chi connectivity index (χ4n) is 5.88. The summed E-state index contributed by atoms with van der Waals surface area (Å²) < 4.78 is 5.56. The number of piperidine rings is 1. The molecule has 4 nitrogen and oxygen atoms in total. The van der Waals surface area contributed by atoms with Gasteiger partial charge >= 0.3 is 0 Å². The van der Waals surface area contributed by atoms with Crippen LogP contribution in [0.1, 0.15) is 55.2 Å². The van der Waals surface area contributed by atoms with Crippen LogP contribution in [0.2, 0.25) is 0 Å². The van der Waals surface area contributed by atoms with Crippen molar-refractivity contribution in [3.63, 3.8) is 0 Å². The maximum Gasteiger partial charge on any atom is 0.230 e. The highest BCUT2D eigenvalue weighted by Crippen LogP contribution is 2.49. The molecule has 0 aromatic heterocycles. The third-order valence-electron chi connectivity index (χ3n) is 7.84. The third-order valence-corrected chi connectivity index (χ3v) is 7.84. The third kappa shape index (κ3) is 3.87. The second kappa shape index (κ2) is 8.31. The molecule has 0 atom stereocenters. The van der Waals surface area contributed by atoms with E-state index in [0.29, 0.717) is 5.91 Å². The van der Waals surface area contributed by atoms with E-state index in [-0.39, 0.29) is 11.3 Å². The van der Waals surface area contributed by atoms with Crippen molar-refractivity contribution in [3.8, 4) is 5.75 Å². The van der Waals surface area contributed by atoms with Gasteiger partial charge in [0.1, 0.15) is 5.75 Å². The summed E-state index contributed by atoms with van der Waals surface area (Å²) in [6, 6.07) is 15.2. The van der Waals surface area contributed by atoms with Crippen LogP contribution in [0.5, 0.6) is 5.75 Å². The lowest BCUT2D eigenvalue weighted by Gasteiger charge is -2.40. The highest BCUT2D eigenvalue weighted by Gasteiger charge is 2.47. The summed E-state index contributed by atoms with van der Waals surface area (Å²) in [6.07, 6.45) is 6.68. The first kappa shape index (κ1) is 20.6. The van der Waals surface area contributed by atoms with E-state index in [1.54, 1.807) is 7.11 Å². The van der Waals surface area contributed by atoms with Crippen molar-refractivity contribution >= 4 is 11.6 Å². The Morgan fingerprint density at radius 1 is 1.06 bits per heavy atom. The van der Waals surface area contributed by atoms with E-state index in [9.17, 15) is 4.79 Å². The second-order valence-corrected chi connectivity index (χ2v) is 9.83. The topological polar surface area (TPSA) is 32.8 Å². The van der Waals surface area contributed by atoms with Crippen molar-refractivity contribution in [2.24, 2.45) is 5.92 Å². The van der Waals surface area contributed by atoms with Crippen LogP contribution in [0.4, 0.5) is 5.69 Å². The Morgan fingerprint density at radius 3 is 2.45 bits per heavy atom. The molecule has 2 heterocycles. The van der Waals surface area contributed by atoms with E-state index in [0.717, 1.165) is 63.3 Å². The molecule has 1 saturated heterocycles. The molecule has 164 valence electrons. The first-order chi connectivity index (χ1) is 15.1. The van der Waals surface area contributed by atoms with Gasteiger partial charge in [0.2, 0.25) is 5.91 Å². The van der Waals surface area contributed by atoms with Crippen molar-refractivity contribution < 1.29 is 9.53 Å². The number of rotatable bonds is 4. The standard InChI is InChI=1S/C27H34N2O2/c1-20-7-9-21(10-8-20)18-28-15-13-27(14-16-28)19-29(26(30)22-5-3-4-6-22)25-12-11-23(31-2)17-24(25)27/h7-12,17,22H,3-6,13-16,18-19H2,1-2H3. The first-order valence-corrected chi connectivity index (χ1v) is 11.9. The minimum Gasteiger partial charge on any atom is -0.497 e. The van der Waals surface area contributed by atoms with Crippen molar-refractivity contribution in [1.82, 2.24) is 4.90 Å². The van der Waals surface area contributed by atoms with Gasteiger partial charge in [0, 0.05) is 30.1 Å². The maximum absolute atomic E-state index is 13.4. The van der Waals surface area contributed by atoms with E-state index in [1.807, 2.05) is 6.07 Å². The molecule has 0 N–H and O–H groups in total. The van der Waals surface area contributed by atoms with Crippen LogP contribution in [0.15, 0.2) is 42.5 Å². The number of anilines is 1. The van der Waals surface area contributed by atoms with Crippen molar-refractivity contribution in [3.05, 3.63) is 59.2 Å². The SMILES string of the molecule is COc1ccc2c(c1)C1(CCN(Cc3ccc(C)cc3)CC1)CN2C(=O)C1CCCC1. The molecule has 31 heavy (non-hydrogen) atoms. The van der Waals surface area contributed by atoms with Gasteiger partial charge in [-0.05, 0) is 75.0 Å². The number of carbonyl (C=O) groups is 1. The molecular weight excluding hydrogens is 384 g/mol. The number of nitrogens with zero attached hydrogens (tertiary/aromatic N) is 2. The minimum atomic E-state index is 0.0575. The minimum absolute atomic E-state index is 0.0575. The highest BCUT2D eigenvalue weighted by atomic mass is 16.5. The lowest BCUT2D eigenvalue weighted by Crippen LogP contribution is -2.46. The Kier molecular flexibility index (Phi) is 5.51. The van der Waals surface area contributed by atoms with Gasteiger partial charge in [0.25, 0.3) is 0 Å². The van der Waals surface area contributed by atoms with Crippen molar-refractivity contribution in [2.75, 3.05) is 31.6 Å². The quantitative estimate of drug-likeness (QED) is 0.695. The molecule has 0 bridgehead atoms. The predicted molar refractivity (Wildman–Crippen MR) is 125 cm³/mol. The Hall–Kier alpha value is -2.33. The van der Waals surface area contributed by atoms with E-state index in [4.69, 9.17) is 4.74 Å². The molecule has 0 radical (unpaired) electrons. The molecule has 1 spiro atoms. The zero-order valence-corrected chi connectivity index (χ0v) is 18.9. The molecule has 1 aliphatic carbocycles. The van der Waals surface area contributed by atoms with E-state index in [1.165, 1.54) is 29.5 Å². The Morgan fingerprint density at radius 2 is 1.77 bits per heavy atom. The lowest BCUT2D eigenvalue weighted by atomic mass is 9.74. The fraction of sp³-hybridized carbons (Fsp3) is 0.519. The summed E-state index contributed by atoms with van der Waals surface area (Å²) in [4.78, 5) is 18.1. The van der Waals surface area contributed by atoms with Crippen molar-refractivity contribution in [1.29, 1.82) is 0 Å². The number of carbonyl (C=O) groups excluding carboxylic acids is 1. The van der Waals surface area contributed by atoms with E-state index >= 15 is 0 Å². The summed E-state index contributed by atoms with van der Waals surface area (Å²) in [7, 11) is 1.73. The zero-order chi connectivity index (χ0) is 21.4. The number of aryl methyl sites for hydroxylation is 1. The molecule has 0 unspecified atom stereocenters. The number of methoxy groups -OCH3 is 1. The highest BCUT2D eigenvalue weighted by molar-refractivity contribution is 5.98. The summed E-state index contributed by atoms with van der Waals surface area (Å²) in [5.41, 5.74) is 5.21. The number of likely N-dealkylation sites (tertiary alicyclic amines) is 1. The number of hydrogen-bond donors (Lipinski definition) is 0. The van der Waals surface area contributed by atoms with Gasteiger partial charge in [0.15, 0.2) is 0 Å². The van der Waals surface area contributed by atoms with Crippen LogP contribution in [-0.4, -0.2) is 37.6 Å². The van der Waals surface area contributed by atoms with Crippen LogP contribution in [0.3, 0.4) is 0 Å². The van der Waals surface area contributed by atoms with Gasteiger partial charge in [-0.15, -0.1) is 0 Å². The summed E-state index contributed by atoms with van der Waals surface area (Å²) in [5, 5.41) is 0. The number of ether oxygens (including phenoxy) is 1. The average molecular weight is 419 g/mol. The smallest absolute Gasteiger partial charge is 0.230 e. The average Bonchev–Trinajstić information content (AvgIpc) is 3.44. The second-order valence-electron chi connectivity index (χ2n) is 9.83. The Bertz CT molecular complexity index is 938. The largest absolute Gasteiger partial charge is 0.497 e. The zero-order valence-electron chi connectivity index (χ0n) is 18.9. The lowest BCUT2D eigenvalue weighted by molar-refractivity contribution is -0.122. The Labute approximate surface area is 186 Å². The van der Waals surface area contributed by atoms with Crippen molar-refractivity contribution in [2.45, 2.75) is 57.4 Å². The number of fused-ring (bicyclic) bond motifs is 2. The number of amides is 1. The molecule has 2 aromatic carbocycles. The van der Waals surface area contributed by atoms with Crippen LogP contribution in [-0.2, 0) is 16.8 Å². The van der Waals surface area contributed by atoms with Crippen LogP contribution >= 0.6 is 0 Å². The molecule has 5 rings (SSSR count). The summed E-state index contributed by atoms with van der Waals surface area (Å²) >= 11 is 0. The van der Waals surface area contributed by atoms with E-state index < -0.39 is 0 Å². The van der Waals surface area contributed by atoms with Gasteiger partial charge in [-0.25, -0.2) is 0 Å². The molecule has 4 heteroatoms. The monoisotopic (exact) mass is 418 g/mol. The maximum atomic E-state index is 13.4. The van der Waals surface area contributed by atoms with E-state index in [2.05, 4.69) is 53.1 Å². The molecule has 2 aliphatic heterocycles. The van der Waals surface area contributed by atoms with Gasteiger partial charge in [-0.3, -0.25) is 9.69 Å². The van der Waals surface area contributed by atoms with Gasteiger partial charge in [-0.1, -0.05) is 42.7 Å². The fourth-order valence-corrected chi connectivity index (χ4v) is 5.88. The molecule has 1 saturated carbocycles.